The lowest BCUT2D eigenvalue weighted by Crippen LogP contribution is -2.25. The molecular formula is C11H17NO. The molecule has 2 rings (SSSR count). The zero-order chi connectivity index (χ0) is 9.42. The maximum Gasteiger partial charge on any atom is 0.222 e. The molecule has 0 aromatic carbocycles. The van der Waals surface area contributed by atoms with Crippen molar-refractivity contribution in [3.63, 3.8) is 0 Å². The Morgan fingerprint density at radius 2 is 2.15 bits per heavy atom. The predicted octanol–water partition coefficient (Wildman–Crippen LogP) is 1.68. The molecule has 0 saturated heterocycles. The fraction of sp³-hybridized carbons (Fsp3) is 0.727. The van der Waals surface area contributed by atoms with Crippen molar-refractivity contribution in [2.24, 2.45) is 17.8 Å². The van der Waals surface area contributed by atoms with Crippen molar-refractivity contribution in [2.45, 2.75) is 19.3 Å². The van der Waals surface area contributed by atoms with Gasteiger partial charge in [0.15, 0.2) is 0 Å². The normalized spacial score (nSPS) is 35.4. The van der Waals surface area contributed by atoms with Gasteiger partial charge in [0.2, 0.25) is 5.91 Å². The van der Waals surface area contributed by atoms with Gasteiger partial charge in [0, 0.05) is 20.5 Å². The number of fused-ring (bicyclic) bond motifs is 2. The second-order valence-electron chi connectivity index (χ2n) is 4.53. The van der Waals surface area contributed by atoms with Gasteiger partial charge in [0.25, 0.3) is 0 Å². The maximum absolute atomic E-state index is 11.5. The van der Waals surface area contributed by atoms with Gasteiger partial charge in [-0.2, -0.15) is 0 Å². The SMILES string of the molecule is CN(C)C(=O)CC1CC2C=CC1C2. The molecule has 0 radical (unpaired) electrons. The Labute approximate surface area is 79.6 Å². The predicted molar refractivity (Wildman–Crippen MR) is 52.2 cm³/mol. The summed E-state index contributed by atoms with van der Waals surface area (Å²) < 4.78 is 0. The van der Waals surface area contributed by atoms with Crippen LogP contribution in [0, 0.1) is 17.8 Å². The van der Waals surface area contributed by atoms with E-state index in [-0.39, 0.29) is 5.91 Å². The van der Waals surface area contributed by atoms with Crippen molar-refractivity contribution in [3.8, 4) is 0 Å². The number of carbonyl (C=O) groups excluding carboxylic acids is 1. The van der Waals surface area contributed by atoms with Gasteiger partial charge in [-0.1, -0.05) is 12.2 Å². The van der Waals surface area contributed by atoms with E-state index in [4.69, 9.17) is 0 Å². The average Bonchev–Trinajstić information content (AvgIpc) is 2.64. The van der Waals surface area contributed by atoms with E-state index in [1.54, 1.807) is 4.90 Å². The summed E-state index contributed by atoms with van der Waals surface area (Å²) in [5.74, 6) is 2.40. The molecule has 1 saturated carbocycles. The third kappa shape index (κ3) is 1.62. The van der Waals surface area contributed by atoms with Gasteiger partial charge >= 0.3 is 0 Å². The summed E-state index contributed by atoms with van der Waals surface area (Å²) in [5.41, 5.74) is 0. The van der Waals surface area contributed by atoms with Crippen molar-refractivity contribution in [3.05, 3.63) is 12.2 Å². The molecule has 3 unspecified atom stereocenters. The zero-order valence-electron chi connectivity index (χ0n) is 8.36. The number of hydrogen-bond donors (Lipinski definition) is 0. The molecule has 1 amide bonds. The van der Waals surface area contributed by atoms with Crippen molar-refractivity contribution in [2.75, 3.05) is 14.1 Å². The quantitative estimate of drug-likeness (QED) is 0.590. The van der Waals surface area contributed by atoms with E-state index in [9.17, 15) is 4.79 Å². The number of carbonyl (C=O) groups is 1. The first kappa shape index (κ1) is 8.79. The highest BCUT2D eigenvalue weighted by molar-refractivity contribution is 5.75. The summed E-state index contributed by atoms with van der Waals surface area (Å²) in [4.78, 5) is 13.2. The van der Waals surface area contributed by atoms with Crippen LogP contribution >= 0.6 is 0 Å². The van der Waals surface area contributed by atoms with Crippen LogP contribution < -0.4 is 0 Å². The van der Waals surface area contributed by atoms with E-state index in [1.807, 2.05) is 14.1 Å². The molecule has 2 nitrogen and oxygen atoms in total. The third-order valence-electron chi connectivity index (χ3n) is 3.35. The Bertz CT molecular complexity index is 244. The van der Waals surface area contributed by atoms with Crippen LogP contribution in [0.25, 0.3) is 0 Å². The van der Waals surface area contributed by atoms with E-state index < -0.39 is 0 Å². The lowest BCUT2D eigenvalue weighted by Gasteiger charge is -2.19. The van der Waals surface area contributed by atoms with E-state index in [0.29, 0.717) is 11.8 Å². The molecule has 0 heterocycles. The largest absolute Gasteiger partial charge is 0.349 e. The lowest BCUT2D eigenvalue weighted by molar-refractivity contribution is -0.129. The van der Waals surface area contributed by atoms with Gasteiger partial charge in [0.1, 0.15) is 0 Å². The molecular weight excluding hydrogens is 162 g/mol. The van der Waals surface area contributed by atoms with Gasteiger partial charge in [-0.25, -0.2) is 0 Å². The average molecular weight is 179 g/mol. The molecule has 1 fully saturated rings. The summed E-state index contributed by atoms with van der Waals surface area (Å²) in [5, 5.41) is 0. The minimum atomic E-state index is 0.283. The lowest BCUT2D eigenvalue weighted by atomic mass is 9.90. The fourth-order valence-corrected chi connectivity index (χ4v) is 2.54. The molecule has 72 valence electrons. The first-order valence-corrected chi connectivity index (χ1v) is 5.05. The molecule has 0 N–H and O–H groups in total. The van der Waals surface area contributed by atoms with Gasteiger partial charge in [-0.3, -0.25) is 4.79 Å². The fourth-order valence-electron chi connectivity index (χ4n) is 2.54. The van der Waals surface area contributed by atoms with Crippen molar-refractivity contribution < 1.29 is 4.79 Å². The van der Waals surface area contributed by atoms with Crippen molar-refractivity contribution in [1.29, 1.82) is 0 Å². The molecule has 0 aliphatic heterocycles. The van der Waals surface area contributed by atoms with Crippen LogP contribution in [0.2, 0.25) is 0 Å². The van der Waals surface area contributed by atoms with Crippen molar-refractivity contribution >= 4 is 5.91 Å². The zero-order valence-corrected chi connectivity index (χ0v) is 8.36. The maximum atomic E-state index is 11.5. The summed E-state index contributed by atoms with van der Waals surface area (Å²) in [6.45, 7) is 0. The molecule has 0 spiro atoms. The smallest absolute Gasteiger partial charge is 0.222 e. The van der Waals surface area contributed by atoms with Crippen LogP contribution in [-0.2, 0) is 4.79 Å². The van der Waals surface area contributed by atoms with Crippen LogP contribution in [-0.4, -0.2) is 24.9 Å². The number of rotatable bonds is 2. The first-order valence-electron chi connectivity index (χ1n) is 5.05. The molecule has 2 bridgehead atoms. The van der Waals surface area contributed by atoms with Gasteiger partial charge < -0.3 is 4.90 Å². The second kappa shape index (κ2) is 3.17. The van der Waals surface area contributed by atoms with Crippen molar-refractivity contribution in [1.82, 2.24) is 4.90 Å². The standard InChI is InChI=1S/C11H17NO/c1-12(2)11(13)7-10-6-8-3-4-9(10)5-8/h3-4,8-10H,5-7H2,1-2H3. The minimum Gasteiger partial charge on any atom is -0.349 e. The minimum absolute atomic E-state index is 0.283. The Morgan fingerprint density at radius 3 is 2.62 bits per heavy atom. The number of nitrogens with zero attached hydrogens (tertiary/aromatic N) is 1. The second-order valence-corrected chi connectivity index (χ2v) is 4.53. The highest BCUT2D eigenvalue weighted by Crippen LogP contribution is 2.44. The molecule has 3 atom stereocenters. The monoisotopic (exact) mass is 179 g/mol. The number of hydrogen-bond acceptors (Lipinski definition) is 1. The van der Waals surface area contributed by atoms with Crippen LogP contribution in [0.4, 0.5) is 0 Å². The number of amides is 1. The van der Waals surface area contributed by atoms with Gasteiger partial charge in [-0.15, -0.1) is 0 Å². The highest BCUT2D eigenvalue weighted by Gasteiger charge is 2.36. The summed E-state index contributed by atoms with van der Waals surface area (Å²) in [6.07, 6.45) is 7.91. The summed E-state index contributed by atoms with van der Waals surface area (Å²) >= 11 is 0. The van der Waals surface area contributed by atoms with E-state index in [1.165, 1.54) is 12.8 Å². The molecule has 0 aromatic heterocycles. The Morgan fingerprint density at radius 1 is 1.38 bits per heavy atom. The van der Waals surface area contributed by atoms with E-state index >= 15 is 0 Å². The van der Waals surface area contributed by atoms with E-state index in [0.717, 1.165) is 12.3 Å². The van der Waals surface area contributed by atoms with Gasteiger partial charge in [-0.05, 0) is 30.6 Å². The van der Waals surface area contributed by atoms with Gasteiger partial charge in [0.05, 0.1) is 0 Å². The molecule has 13 heavy (non-hydrogen) atoms. The highest BCUT2D eigenvalue weighted by atomic mass is 16.2. The van der Waals surface area contributed by atoms with Crippen LogP contribution in [0.3, 0.4) is 0 Å². The van der Waals surface area contributed by atoms with E-state index in [2.05, 4.69) is 12.2 Å². The molecule has 2 aliphatic rings. The van der Waals surface area contributed by atoms with Crippen LogP contribution in [0.15, 0.2) is 12.2 Å². The molecule has 2 aliphatic carbocycles. The number of allylic oxidation sites excluding steroid dienone is 2. The van der Waals surface area contributed by atoms with Crippen LogP contribution in [0.1, 0.15) is 19.3 Å². The molecule has 0 aromatic rings. The van der Waals surface area contributed by atoms with Crippen LogP contribution in [0.5, 0.6) is 0 Å². The Hall–Kier alpha value is -0.790. The third-order valence-corrected chi connectivity index (χ3v) is 3.35. The summed E-state index contributed by atoms with van der Waals surface area (Å²) in [7, 11) is 3.68. The Kier molecular flexibility index (Phi) is 2.14. The Balaban J connectivity index is 1.90. The molecule has 2 heteroatoms. The topological polar surface area (TPSA) is 20.3 Å². The summed E-state index contributed by atoms with van der Waals surface area (Å²) in [6, 6.07) is 0. The first-order chi connectivity index (χ1) is 6.16.